The van der Waals surface area contributed by atoms with E-state index in [0.717, 1.165) is 16.4 Å². The second-order valence-electron chi connectivity index (χ2n) is 5.83. The van der Waals surface area contributed by atoms with E-state index in [1.54, 1.807) is 13.8 Å². The Morgan fingerprint density at radius 3 is 2.74 bits per heavy atom. The molecule has 1 aromatic carbocycles. The summed E-state index contributed by atoms with van der Waals surface area (Å²) in [6, 6.07) is 3.38. The summed E-state index contributed by atoms with van der Waals surface area (Å²) in [6.45, 7) is 5.80. The number of rotatable bonds is 3. The van der Waals surface area contributed by atoms with E-state index < -0.39 is 6.10 Å². The van der Waals surface area contributed by atoms with Crippen LogP contribution in [-0.4, -0.2) is 10.4 Å². The molecule has 1 fully saturated rings. The molecular formula is C16H23FOS. The average molecular weight is 282 g/mol. The molecule has 0 spiro atoms. The Kier molecular flexibility index (Phi) is 4.91. The monoisotopic (exact) mass is 282 g/mol. The third-order valence-electron chi connectivity index (χ3n) is 3.92. The van der Waals surface area contributed by atoms with Crippen LogP contribution in [0.15, 0.2) is 17.0 Å². The van der Waals surface area contributed by atoms with Gasteiger partial charge in [0.25, 0.3) is 0 Å². The Morgan fingerprint density at radius 2 is 2.11 bits per heavy atom. The highest BCUT2D eigenvalue weighted by atomic mass is 32.2. The molecule has 2 rings (SSSR count). The standard InChI is InChI=1S/C16H23FOS/c1-10-5-4-6-13(7-10)19-16-8-11(2)15(17)9-14(16)12(3)18/h8-10,12-13,18H,4-7H2,1-3H3/t10?,12-,13?/m0/s1. The van der Waals surface area contributed by atoms with Gasteiger partial charge < -0.3 is 5.11 Å². The van der Waals surface area contributed by atoms with Crippen molar-refractivity contribution in [1.29, 1.82) is 0 Å². The summed E-state index contributed by atoms with van der Waals surface area (Å²) >= 11 is 1.82. The lowest BCUT2D eigenvalue weighted by molar-refractivity contribution is 0.195. The lowest BCUT2D eigenvalue weighted by Crippen LogP contribution is -2.15. The minimum absolute atomic E-state index is 0.225. The van der Waals surface area contributed by atoms with E-state index in [0.29, 0.717) is 10.8 Å². The second kappa shape index (κ2) is 6.27. The van der Waals surface area contributed by atoms with Gasteiger partial charge in [-0.1, -0.05) is 19.8 Å². The summed E-state index contributed by atoms with van der Waals surface area (Å²) in [7, 11) is 0. The van der Waals surface area contributed by atoms with Crippen LogP contribution in [0, 0.1) is 18.7 Å². The summed E-state index contributed by atoms with van der Waals surface area (Å²) in [5.41, 5.74) is 1.39. The Balaban J connectivity index is 2.20. The Hall–Kier alpha value is -0.540. The number of halogens is 1. The van der Waals surface area contributed by atoms with Crippen molar-refractivity contribution >= 4 is 11.8 Å². The first-order valence-corrected chi connectivity index (χ1v) is 8.00. The number of aliphatic hydroxyl groups is 1. The lowest BCUT2D eigenvalue weighted by atomic mass is 9.91. The molecule has 1 N–H and O–H groups in total. The fraction of sp³-hybridized carbons (Fsp3) is 0.625. The molecule has 19 heavy (non-hydrogen) atoms. The largest absolute Gasteiger partial charge is 0.389 e. The maximum absolute atomic E-state index is 13.6. The zero-order chi connectivity index (χ0) is 14.0. The van der Waals surface area contributed by atoms with E-state index in [1.807, 2.05) is 17.8 Å². The molecule has 1 aliphatic rings. The van der Waals surface area contributed by atoms with Gasteiger partial charge in [-0.25, -0.2) is 4.39 Å². The molecular weight excluding hydrogens is 259 g/mol. The van der Waals surface area contributed by atoms with Gasteiger partial charge in [0.05, 0.1) is 6.10 Å². The minimum atomic E-state index is -0.612. The predicted molar refractivity (Wildman–Crippen MR) is 79.0 cm³/mol. The molecule has 0 radical (unpaired) electrons. The lowest BCUT2D eigenvalue weighted by Gasteiger charge is -2.27. The highest BCUT2D eigenvalue weighted by molar-refractivity contribution is 8.00. The average Bonchev–Trinajstić information content (AvgIpc) is 2.33. The van der Waals surface area contributed by atoms with Crippen molar-refractivity contribution in [2.45, 2.75) is 62.7 Å². The van der Waals surface area contributed by atoms with Crippen molar-refractivity contribution < 1.29 is 9.50 Å². The first-order valence-electron chi connectivity index (χ1n) is 7.12. The second-order valence-corrected chi connectivity index (χ2v) is 7.17. The van der Waals surface area contributed by atoms with Crippen LogP contribution >= 0.6 is 11.8 Å². The van der Waals surface area contributed by atoms with E-state index in [9.17, 15) is 9.50 Å². The molecule has 1 saturated carbocycles. The van der Waals surface area contributed by atoms with Crippen LogP contribution in [-0.2, 0) is 0 Å². The Bertz CT molecular complexity index is 445. The highest BCUT2D eigenvalue weighted by Gasteiger charge is 2.22. The van der Waals surface area contributed by atoms with E-state index in [4.69, 9.17) is 0 Å². The van der Waals surface area contributed by atoms with Gasteiger partial charge in [0.15, 0.2) is 0 Å². The van der Waals surface area contributed by atoms with Crippen LogP contribution < -0.4 is 0 Å². The molecule has 106 valence electrons. The number of benzene rings is 1. The van der Waals surface area contributed by atoms with E-state index >= 15 is 0 Å². The Labute approximate surface area is 119 Å². The van der Waals surface area contributed by atoms with Crippen molar-refractivity contribution in [2.75, 3.05) is 0 Å². The van der Waals surface area contributed by atoms with Crippen LogP contribution in [0.25, 0.3) is 0 Å². The first-order chi connectivity index (χ1) is 8.97. The van der Waals surface area contributed by atoms with Gasteiger partial charge >= 0.3 is 0 Å². The number of aryl methyl sites for hydroxylation is 1. The molecule has 3 heteroatoms. The molecule has 2 unspecified atom stereocenters. The van der Waals surface area contributed by atoms with Gasteiger partial charge in [-0.2, -0.15) is 0 Å². The summed E-state index contributed by atoms with van der Waals surface area (Å²) in [5.74, 6) is 0.556. The van der Waals surface area contributed by atoms with Crippen LogP contribution in [0.2, 0.25) is 0 Å². The third-order valence-corrected chi connectivity index (χ3v) is 5.29. The molecule has 1 aromatic rings. The number of hydrogen-bond acceptors (Lipinski definition) is 2. The maximum Gasteiger partial charge on any atom is 0.126 e. The minimum Gasteiger partial charge on any atom is -0.389 e. The van der Waals surface area contributed by atoms with Gasteiger partial charge in [-0.3, -0.25) is 0 Å². The normalized spacial score (nSPS) is 25.3. The van der Waals surface area contributed by atoms with Crippen LogP contribution in [0.3, 0.4) is 0 Å². The zero-order valence-corrected chi connectivity index (χ0v) is 12.8. The van der Waals surface area contributed by atoms with Gasteiger partial charge in [0.1, 0.15) is 5.82 Å². The van der Waals surface area contributed by atoms with Gasteiger partial charge in [-0.15, -0.1) is 11.8 Å². The highest BCUT2D eigenvalue weighted by Crippen LogP contribution is 2.39. The molecule has 0 amide bonds. The van der Waals surface area contributed by atoms with Crippen LogP contribution in [0.4, 0.5) is 4.39 Å². The number of aliphatic hydroxyl groups excluding tert-OH is 1. The van der Waals surface area contributed by atoms with Crippen LogP contribution in [0.1, 0.15) is 56.8 Å². The molecule has 1 nitrogen and oxygen atoms in total. The van der Waals surface area contributed by atoms with Crippen molar-refractivity contribution in [1.82, 2.24) is 0 Å². The molecule has 3 atom stereocenters. The summed E-state index contributed by atoms with van der Waals surface area (Å²) in [6.07, 6.45) is 4.44. The quantitative estimate of drug-likeness (QED) is 0.854. The van der Waals surface area contributed by atoms with E-state index in [2.05, 4.69) is 6.92 Å². The topological polar surface area (TPSA) is 20.2 Å². The smallest absolute Gasteiger partial charge is 0.126 e. The van der Waals surface area contributed by atoms with Gasteiger partial charge in [-0.05, 0) is 55.9 Å². The maximum atomic E-state index is 13.6. The van der Waals surface area contributed by atoms with Crippen molar-refractivity contribution in [2.24, 2.45) is 5.92 Å². The molecule has 0 aromatic heterocycles. The van der Waals surface area contributed by atoms with Crippen molar-refractivity contribution in [3.8, 4) is 0 Å². The molecule has 1 aliphatic carbocycles. The molecule has 0 aliphatic heterocycles. The fourth-order valence-corrected chi connectivity index (χ4v) is 4.44. The predicted octanol–water partition coefficient (Wildman–Crippen LogP) is 4.86. The van der Waals surface area contributed by atoms with Crippen molar-refractivity contribution in [3.63, 3.8) is 0 Å². The van der Waals surface area contributed by atoms with Gasteiger partial charge in [0, 0.05) is 10.1 Å². The third kappa shape index (κ3) is 3.73. The first kappa shape index (κ1) is 14.9. The van der Waals surface area contributed by atoms with Crippen LogP contribution in [0.5, 0.6) is 0 Å². The molecule has 0 heterocycles. The van der Waals surface area contributed by atoms with E-state index in [1.165, 1.54) is 31.7 Å². The number of hydrogen-bond donors (Lipinski definition) is 1. The SMILES string of the molecule is Cc1cc(SC2CCCC(C)C2)c([C@H](C)O)cc1F. The van der Waals surface area contributed by atoms with E-state index in [-0.39, 0.29) is 5.82 Å². The summed E-state index contributed by atoms with van der Waals surface area (Å²) in [5, 5.41) is 10.4. The fourth-order valence-electron chi connectivity index (χ4n) is 2.76. The molecule has 0 bridgehead atoms. The summed E-state index contributed by atoms with van der Waals surface area (Å²) < 4.78 is 13.6. The zero-order valence-electron chi connectivity index (χ0n) is 11.9. The summed E-state index contributed by atoms with van der Waals surface area (Å²) in [4.78, 5) is 1.05. The Morgan fingerprint density at radius 1 is 1.37 bits per heavy atom. The molecule has 0 saturated heterocycles. The van der Waals surface area contributed by atoms with Gasteiger partial charge in [0.2, 0.25) is 0 Å². The van der Waals surface area contributed by atoms with Crippen molar-refractivity contribution in [3.05, 3.63) is 29.1 Å². The number of thioether (sulfide) groups is 1.